The van der Waals surface area contributed by atoms with Gasteiger partial charge in [-0.3, -0.25) is 0 Å². The number of nitrogens with zero attached hydrogens (tertiary/aromatic N) is 2. The molecule has 0 spiro atoms. The predicted molar refractivity (Wildman–Crippen MR) is 98.6 cm³/mol. The molecule has 0 saturated carbocycles. The lowest BCUT2D eigenvalue weighted by Gasteiger charge is -2.05. The minimum atomic E-state index is -0.409. The Balaban J connectivity index is 1.79. The summed E-state index contributed by atoms with van der Waals surface area (Å²) in [6, 6.07) is 21.0. The molecule has 0 bridgehead atoms. The van der Waals surface area contributed by atoms with Gasteiger partial charge in [0.15, 0.2) is 0 Å². The van der Waals surface area contributed by atoms with Crippen LogP contribution in [0.1, 0.15) is 17.3 Å². The molecule has 0 aliphatic rings. The van der Waals surface area contributed by atoms with Crippen LogP contribution < -0.4 is 0 Å². The zero-order valence-corrected chi connectivity index (χ0v) is 14.2. The number of fused-ring (bicyclic) bond motifs is 1. The van der Waals surface area contributed by atoms with Crippen molar-refractivity contribution in [1.82, 2.24) is 10.1 Å². The summed E-state index contributed by atoms with van der Waals surface area (Å²) >= 11 is 0. The highest BCUT2D eigenvalue weighted by Gasteiger charge is 2.19. The van der Waals surface area contributed by atoms with Gasteiger partial charge in [0.05, 0.1) is 17.7 Å². The summed E-state index contributed by atoms with van der Waals surface area (Å²) in [7, 11) is 0. The van der Waals surface area contributed by atoms with E-state index in [1.807, 2.05) is 48.5 Å². The van der Waals surface area contributed by atoms with Crippen molar-refractivity contribution >= 4 is 16.7 Å². The van der Waals surface area contributed by atoms with Crippen LogP contribution in [0.25, 0.3) is 33.6 Å². The van der Waals surface area contributed by atoms with Gasteiger partial charge in [-0.15, -0.1) is 0 Å². The molecular weight excluding hydrogens is 328 g/mol. The first-order chi connectivity index (χ1) is 12.8. The maximum Gasteiger partial charge on any atom is 0.338 e. The average Bonchev–Trinajstić information content (AvgIpc) is 3.17. The van der Waals surface area contributed by atoms with Crippen molar-refractivity contribution in [2.24, 2.45) is 0 Å². The Morgan fingerprint density at radius 1 is 0.962 bits per heavy atom. The largest absolute Gasteiger partial charge is 0.462 e. The van der Waals surface area contributed by atoms with Crippen LogP contribution >= 0.6 is 0 Å². The van der Waals surface area contributed by atoms with Gasteiger partial charge >= 0.3 is 5.97 Å². The monoisotopic (exact) mass is 344 g/mol. The maximum atomic E-state index is 12.2. The maximum absolute atomic E-state index is 12.2. The molecule has 5 heteroatoms. The highest BCUT2D eigenvalue weighted by Crippen LogP contribution is 2.29. The Morgan fingerprint density at radius 2 is 1.69 bits per heavy atom. The van der Waals surface area contributed by atoms with Crippen LogP contribution in [-0.4, -0.2) is 22.7 Å². The van der Waals surface area contributed by atoms with Crippen LogP contribution in [-0.2, 0) is 4.74 Å². The van der Waals surface area contributed by atoms with Crippen molar-refractivity contribution < 1.29 is 14.1 Å². The summed E-state index contributed by atoms with van der Waals surface area (Å²) in [6.07, 6.45) is 0. The summed E-state index contributed by atoms with van der Waals surface area (Å²) in [6.45, 7) is 2.07. The predicted octanol–water partition coefficient (Wildman–Crippen LogP) is 4.73. The molecule has 5 nitrogen and oxygen atoms in total. The zero-order valence-electron chi connectivity index (χ0n) is 14.2. The molecule has 0 amide bonds. The molecule has 0 fully saturated rings. The van der Waals surface area contributed by atoms with Crippen molar-refractivity contribution in [1.29, 1.82) is 0 Å². The van der Waals surface area contributed by atoms with Crippen LogP contribution in [0.15, 0.2) is 71.3 Å². The number of carbonyl (C=O) groups is 1. The third-order valence-electron chi connectivity index (χ3n) is 4.11. The van der Waals surface area contributed by atoms with Gasteiger partial charge < -0.3 is 9.26 Å². The number of ether oxygens (including phenoxy) is 1. The second kappa shape index (κ2) is 6.80. The van der Waals surface area contributed by atoms with Crippen molar-refractivity contribution in [3.63, 3.8) is 0 Å². The van der Waals surface area contributed by atoms with Gasteiger partial charge in [-0.25, -0.2) is 4.79 Å². The van der Waals surface area contributed by atoms with Gasteiger partial charge in [0.25, 0.3) is 5.89 Å². The molecule has 26 heavy (non-hydrogen) atoms. The van der Waals surface area contributed by atoms with Gasteiger partial charge in [-0.1, -0.05) is 59.8 Å². The van der Waals surface area contributed by atoms with Gasteiger partial charge in [0.1, 0.15) is 0 Å². The van der Waals surface area contributed by atoms with Gasteiger partial charge in [-0.05, 0) is 29.8 Å². The molecular formula is C21H16N2O3. The highest BCUT2D eigenvalue weighted by molar-refractivity contribution is 5.97. The highest BCUT2D eigenvalue weighted by atomic mass is 16.5. The molecule has 0 atom stereocenters. The van der Waals surface area contributed by atoms with Crippen LogP contribution in [0.2, 0.25) is 0 Å². The number of benzene rings is 3. The molecule has 0 unspecified atom stereocenters. The Hall–Kier alpha value is -3.47. The molecule has 0 aliphatic carbocycles. The van der Waals surface area contributed by atoms with Crippen LogP contribution in [0, 0.1) is 0 Å². The van der Waals surface area contributed by atoms with Crippen molar-refractivity contribution in [2.45, 2.75) is 6.92 Å². The van der Waals surface area contributed by atoms with E-state index in [0.717, 1.165) is 16.3 Å². The third-order valence-corrected chi connectivity index (χ3v) is 4.11. The van der Waals surface area contributed by atoms with Crippen molar-refractivity contribution in [3.8, 4) is 22.8 Å². The quantitative estimate of drug-likeness (QED) is 0.501. The van der Waals surface area contributed by atoms with E-state index in [1.54, 1.807) is 25.1 Å². The first-order valence-electron chi connectivity index (χ1n) is 8.36. The molecule has 0 radical (unpaired) electrons. The summed E-state index contributed by atoms with van der Waals surface area (Å²) in [5.74, 6) is 0.361. The fraction of sp³-hybridized carbons (Fsp3) is 0.0952. The topological polar surface area (TPSA) is 65.2 Å². The van der Waals surface area contributed by atoms with Crippen molar-refractivity contribution in [3.05, 3.63) is 72.3 Å². The van der Waals surface area contributed by atoms with Gasteiger partial charge in [0, 0.05) is 5.56 Å². The number of hydrogen-bond donors (Lipinski definition) is 0. The summed E-state index contributed by atoms with van der Waals surface area (Å²) in [5, 5.41) is 6.26. The van der Waals surface area contributed by atoms with Crippen LogP contribution in [0.5, 0.6) is 0 Å². The van der Waals surface area contributed by atoms with Crippen LogP contribution in [0.4, 0.5) is 0 Å². The van der Waals surface area contributed by atoms with Gasteiger partial charge in [-0.2, -0.15) is 4.98 Å². The number of rotatable bonds is 4. The second-order valence-corrected chi connectivity index (χ2v) is 5.72. The van der Waals surface area contributed by atoms with Crippen LogP contribution in [0.3, 0.4) is 0 Å². The Morgan fingerprint density at radius 3 is 2.58 bits per heavy atom. The SMILES string of the molecule is CCOC(=O)c1ccccc1-c1nc(-c2cccc3ccccc23)no1. The zero-order chi connectivity index (χ0) is 17.9. The third kappa shape index (κ3) is 2.84. The van der Waals surface area contributed by atoms with E-state index in [0.29, 0.717) is 23.6 Å². The van der Waals surface area contributed by atoms with E-state index in [9.17, 15) is 4.79 Å². The summed E-state index contributed by atoms with van der Waals surface area (Å²) in [4.78, 5) is 16.7. The number of carbonyl (C=O) groups excluding carboxylic acids is 1. The normalized spacial score (nSPS) is 10.8. The molecule has 0 aliphatic heterocycles. The molecule has 1 aromatic heterocycles. The number of hydrogen-bond acceptors (Lipinski definition) is 5. The standard InChI is InChI=1S/C21H16N2O3/c1-2-25-21(24)18-12-6-5-11-17(18)20-22-19(23-26-20)16-13-7-9-14-8-3-4-10-15(14)16/h3-13H,2H2,1H3. The number of aromatic nitrogens is 2. The average molecular weight is 344 g/mol. The lowest BCUT2D eigenvalue weighted by atomic mass is 10.0. The lowest BCUT2D eigenvalue weighted by molar-refractivity contribution is 0.0527. The minimum absolute atomic E-state index is 0.289. The number of esters is 1. The second-order valence-electron chi connectivity index (χ2n) is 5.72. The molecule has 0 saturated heterocycles. The molecule has 128 valence electrons. The smallest absolute Gasteiger partial charge is 0.338 e. The fourth-order valence-corrected chi connectivity index (χ4v) is 2.92. The van der Waals surface area contributed by atoms with E-state index < -0.39 is 5.97 Å². The van der Waals surface area contributed by atoms with Gasteiger partial charge in [0.2, 0.25) is 5.82 Å². The Kier molecular flexibility index (Phi) is 4.19. The van der Waals surface area contributed by atoms with E-state index in [2.05, 4.69) is 10.1 Å². The summed E-state index contributed by atoms with van der Waals surface area (Å²) in [5.41, 5.74) is 1.85. The summed E-state index contributed by atoms with van der Waals surface area (Å²) < 4.78 is 10.6. The van der Waals surface area contributed by atoms with Crippen molar-refractivity contribution in [2.75, 3.05) is 6.61 Å². The molecule has 4 rings (SSSR count). The van der Waals surface area contributed by atoms with E-state index >= 15 is 0 Å². The molecule has 0 N–H and O–H groups in total. The van der Waals surface area contributed by atoms with E-state index in [4.69, 9.17) is 9.26 Å². The Bertz CT molecular complexity index is 1080. The molecule has 1 heterocycles. The first kappa shape index (κ1) is 16.0. The lowest BCUT2D eigenvalue weighted by Crippen LogP contribution is -2.06. The molecule has 4 aromatic rings. The first-order valence-corrected chi connectivity index (χ1v) is 8.36. The minimum Gasteiger partial charge on any atom is -0.462 e. The van der Waals surface area contributed by atoms with E-state index in [1.165, 1.54) is 0 Å². The Labute approximate surface area is 150 Å². The fourth-order valence-electron chi connectivity index (χ4n) is 2.92. The molecule has 3 aromatic carbocycles. The van der Waals surface area contributed by atoms with E-state index in [-0.39, 0.29) is 5.89 Å².